The van der Waals surface area contributed by atoms with Gasteiger partial charge >= 0.3 is 0 Å². The summed E-state index contributed by atoms with van der Waals surface area (Å²) in [5.74, 6) is 0.470. The predicted octanol–water partition coefficient (Wildman–Crippen LogP) is 2.10. The van der Waals surface area contributed by atoms with E-state index < -0.39 is 0 Å². The van der Waals surface area contributed by atoms with Gasteiger partial charge in [0.1, 0.15) is 0 Å². The monoisotopic (exact) mass is 240 g/mol. The van der Waals surface area contributed by atoms with Crippen molar-refractivity contribution in [3.63, 3.8) is 0 Å². The van der Waals surface area contributed by atoms with E-state index in [4.69, 9.17) is 4.74 Å². The number of ether oxygens (including phenoxy) is 1. The molecule has 1 aromatic heterocycles. The molecule has 0 aliphatic carbocycles. The molecule has 0 unspecified atom stereocenters. The van der Waals surface area contributed by atoms with Gasteiger partial charge in [-0.25, -0.2) is 4.68 Å². The second kappa shape index (κ2) is 3.84. The molecule has 0 aliphatic rings. The topological polar surface area (TPSA) is 44.1 Å². The molecular formula is C14H12N2O2. The van der Waals surface area contributed by atoms with E-state index in [0.29, 0.717) is 11.3 Å². The molecule has 90 valence electrons. The molecule has 0 spiro atoms. The van der Waals surface area contributed by atoms with Crippen molar-refractivity contribution < 1.29 is 4.74 Å². The van der Waals surface area contributed by atoms with E-state index >= 15 is 0 Å². The Morgan fingerprint density at radius 3 is 2.33 bits per heavy atom. The Balaban J connectivity index is 2.56. The van der Waals surface area contributed by atoms with Gasteiger partial charge in [0, 0.05) is 7.05 Å². The number of hydrogen-bond acceptors (Lipinski definition) is 3. The number of fused-ring (bicyclic) bond motifs is 2. The average molecular weight is 240 g/mol. The molecule has 0 amide bonds. The number of aromatic nitrogens is 2. The molecule has 0 aliphatic heterocycles. The van der Waals surface area contributed by atoms with Gasteiger partial charge in [0.15, 0.2) is 0 Å². The number of methoxy groups -OCH3 is 1. The zero-order chi connectivity index (χ0) is 12.7. The second-order valence-electron chi connectivity index (χ2n) is 4.18. The smallest absolute Gasteiger partial charge is 0.274 e. The lowest BCUT2D eigenvalue weighted by molar-refractivity contribution is 0.388. The van der Waals surface area contributed by atoms with Crippen molar-refractivity contribution >= 4 is 21.5 Å². The van der Waals surface area contributed by atoms with Crippen molar-refractivity contribution in [1.82, 2.24) is 9.78 Å². The van der Waals surface area contributed by atoms with E-state index in [1.165, 1.54) is 4.68 Å². The summed E-state index contributed by atoms with van der Waals surface area (Å²) in [6.45, 7) is 0. The summed E-state index contributed by atoms with van der Waals surface area (Å²) in [6.07, 6.45) is 0. The molecule has 0 bridgehead atoms. The maximum Gasteiger partial charge on any atom is 0.274 e. The van der Waals surface area contributed by atoms with Crippen LogP contribution < -0.4 is 10.3 Å². The van der Waals surface area contributed by atoms with Gasteiger partial charge in [-0.3, -0.25) is 4.79 Å². The number of rotatable bonds is 1. The first-order chi connectivity index (χ1) is 8.70. The van der Waals surface area contributed by atoms with Gasteiger partial charge in [-0.1, -0.05) is 24.3 Å². The summed E-state index contributed by atoms with van der Waals surface area (Å²) in [4.78, 5) is 12.1. The van der Waals surface area contributed by atoms with Crippen molar-refractivity contribution in [2.24, 2.45) is 7.05 Å². The molecular weight excluding hydrogens is 228 g/mol. The fourth-order valence-electron chi connectivity index (χ4n) is 2.15. The third-order valence-corrected chi connectivity index (χ3v) is 3.07. The Morgan fingerprint density at radius 2 is 1.72 bits per heavy atom. The largest absolute Gasteiger partial charge is 0.480 e. The van der Waals surface area contributed by atoms with Gasteiger partial charge in [-0.15, -0.1) is 5.10 Å². The maximum absolute atomic E-state index is 12.1. The van der Waals surface area contributed by atoms with E-state index in [9.17, 15) is 4.79 Å². The van der Waals surface area contributed by atoms with Crippen LogP contribution in [0.25, 0.3) is 21.5 Å². The van der Waals surface area contributed by atoms with Gasteiger partial charge < -0.3 is 4.74 Å². The zero-order valence-electron chi connectivity index (χ0n) is 10.2. The predicted molar refractivity (Wildman–Crippen MR) is 71.0 cm³/mol. The first-order valence-corrected chi connectivity index (χ1v) is 5.64. The highest BCUT2D eigenvalue weighted by Gasteiger charge is 2.10. The molecule has 0 saturated carbocycles. The van der Waals surface area contributed by atoms with Crippen molar-refractivity contribution in [2.45, 2.75) is 0 Å². The SMILES string of the molecule is COc1nn(C)c(=O)c2cc3ccccc3cc12. The van der Waals surface area contributed by atoms with Crippen LogP contribution in [-0.4, -0.2) is 16.9 Å². The lowest BCUT2D eigenvalue weighted by Crippen LogP contribution is -2.20. The summed E-state index contributed by atoms with van der Waals surface area (Å²) in [6, 6.07) is 11.7. The van der Waals surface area contributed by atoms with Crippen LogP contribution in [0.3, 0.4) is 0 Å². The van der Waals surface area contributed by atoms with Crippen molar-refractivity contribution in [2.75, 3.05) is 7.11 Å². The van der Waals surface area contributed by atoms with E-state index in [2.05, 4.69) is 5.10 Å². The number of aryl methyl sites for hydroxylation is 1. The Kier molecular flexibility index (Phi) is 2.30. The van der Waals surface area contributed by atoms with E-state index in [-0.39, 0.29) is 5.56 Å². The number of nitrogens with zero attached hydrogens (tertiary/aromatic N) is 2. The highest BCUT2D eigenvalue weighted by Crippen LogP contribution is 2.25. The minimum absolute atomic E-state index is 0.114. The first-order valence-electron chi connectivity index (χ1n) is 5.64. The minimum atomic E-state index is -0.114. The summed E-state index contributed by atoms with van der Waals surface area (Å²) in [5.41, 5.74) is -0.114. The van der Waals surface area contributed by atoms with Gasteiger partial charge in [-0.2, -0.15) is 0 Å². The third-order valence-electron chi connectivity index (χ3n) is 3.07. The zero-order valence-corrected chi connectivity index (χ0v) is 10.2. The molecule has 0 fully saturated rings. The number of hydrogen-bond donors (Lipinski definition) is 0. The molecule has 1 heterocycles. The Labute approximate surface area is 103 Å². The van der Waals surface area contributed by atoms with Crippen LogP contribution in [0.15, 0.2) is 41.2 Å². The van der Waals surface area contributed by atoms with Crippen molar-refractivity contribution in [1.29, 1.82) is 0 Å². The molecule has 18 heavy (non-hydrogen) atoms. The summed E-state index contributed by atoms with van der Waals surface area (Å²) in [5, 5.41) is 7.59. The fourth-order valence-corrected chi connectivity index (χ4v) is 2.15. The number of benzene rings is 2. The van der Waals surface area contributed by atoms with Crippen LogP contribution in [0, 0.1) is 0 Å². The molecule has 4 heteroatoms. The Morgan fingerprint density at radius 1 is 1.11 bits per heavy atom. The Hall–Kier alpha value is -2.36. The lowest BCUT2D eigenvalue weighted by atomic mass is 10.1. The average Bonchev–Trinajstić information content (AvgIpc) is 2.41. The van der Waals surface area contributed by atoms with Crippen LogP contribution in [0.2, 0.25) is 0 Å². The first kappa shape index (κ1) is 10.8. The highest BCUT2D eigenvalue weighted by molar-refractivity contribution is 5.99. The second-order valence-corrected chi connectivity index (χ2v) is 4.18. The van der Waals surface area contributed by atoms with Gasteiger partial charge in [0.05, 0.1) is 17.9 Å². The molecule has 3 rings (SSSR count). The minimum Gasteiger partial charge on any atom is -0.480 e. The summed E-state index contributed by atoms with van der Waals surface area (Å²) >= 11 is 0. The molecule has 0 N–H and O–H groups in total. The van der Waals surface area contributed by atoms with Crippen LogP contribution in [0.4, 0.5) is 0 Å². The maximum atomic E-state index is 12.1. The van der Waals surface area contributed by atoms with Crippen LogP contribution >= 0.6 is 0 Å². The van der Waals surface area contributed by atoms with E-state index in [1.807, 2.05) is 36.4 Å². The standard InChI is InChI=1S/C14H12N2O2/c1-16-14(17)12-8-10-6-4-3-5-9(10)7-11(12)13(15-16)18-2/h3-8H,1-2H3. The van der Waals surface area contributed by atoms with E-state index in [1.54, 1.807) is 14.2 Å². The van der Waals surface area contributed by atoms with Crippen molar-refractivity contribution in [3.8, 4) is 5.88 Å². The van der Waals surface area contributed by atoms with Gasteiger partial charge in [0.2, 0.25) is 5.88 Å². The van der Waals surface area contributed by atoms with Crippen LogP contribution in [0.5, 0.6) is 5.88 Å². The van der Waals surface area contributed by atoms with Crippen LogP contribution in [0.1, 0.15) is 0 Å². The summed E-state index contributed by atoms with van der Waals surface area (Å²) < 4.78 is 6.54. The van der Waals surface area contributed by atoms with E-state index in [0.717, 1.165) is 16.2 Å². The van der Waals surface area contributed by atoms with Crippen LogP contribution in [-0.2, 0) is 7.05 Å². The third kappa shape index (κ3) is 1.46. The summed E-state index contributed by atoms with van der Waals surface area (Å²) in [7, 11) is 3.18. The molecule has 0 radical (unpaired) electrons. The van der Waals surface area contributed by atoms with Crippen molar-refractivity contribution in [3.05, 3.63) is 46.8 Å². The molecule has 0 saturated heterocycles. The lowest BCUT2D eigenvalue weighted by Gasteiger charge is -2.07. The Bertz CT molecular complexity index is 806. The molecule has 2 aromatic carbocycles. The molecule has 3 aromatic rings. The van der Waals surface area contributed by atoms with Gasteiger partial charge in [-0.05, 0) is 22.9 Å². The molecule has 4 nitrogen and oxygen atoms in total. The molecule has 0 atom stereocenters. The quantitative estimate of drug-likeness (QED) is 0.612. The normalized spacial score (nSPS) is 11.0. The highest BCUT2D eigenvalue weighted by atomic mass is 16.5. The fraction of sp³-hybridized carbons (Fsp3) is 0.143. The van der Waals surface area contributed by atoms with Gasteiger partial charge in [0.25, 0.3) is 5.56 Å².